The first-order valence-electron chi connectivity index (χ1n) is 6.56. The molecule has 1 aliphatic heterocycles. The van der Waals surface area contributed by atoms with E-state index in [2.05, 4.69) is 17.4 Å². The number of hydrogen-bond acceptors (Lipinski definition) is 3. The van der Waals surface area contributed by atoms with E-state index >= 15 is 0 Å². The third-order valence-electron chi connectivity index (χ3n) is 3.75. The Kier molecular flexibility index (Phi) is 4.40. The minimum absolute atomic E-state index is 0.0256. The maximum atomic E-state index is 12.1. The molecule has 0 radical (unpaired) electrons. The van der Waals surface area contributed by atoms with Crippen LogP contribution in [0.4, 0.5) is 0 Å². The van der Waals surface area contributed by atoms with Crippen LogP contribution in [0.1, 0.15) is 24.8 Å². The van der Waals surface area contributed by atoms with Gasteiger partial charge < -0.3 is 5.32 Å². The summed E-state index contributed by atoms with van der Waals surface area (Å²) in [6, 6.07) is 10.1. The van der Waals surface area contributed by atoms with Crippen LogP contribution < -0.4 is 5.32 Å². The van der Waals surface area contributed by atoms with E-state index in [1.807, 2.05) is 25.2 Å². The predicted molar refractivity (Wildman–Crippen MR) is 74.4 cm³/mol. The summed E-state index contributed by atoms with van der Waals surface area (Å²) < 4.78 is 24.3. The number of sulfone groups is 1. The Hall–Kier alpha value is -0.870. The minimum Gasteiger partial charge on any atom is -0.315 e. The van der Waals surface area contributed by atoms with Gasteiger partial charge in [-0.15, -0.1) is 0 Å². The molecule has 0 aromatic heterocycles. The SMILES string of the molecule is CNC(Cc1ccccc1)C1CCCCS1(=O)=O. The zero-order chi connectivity index (χ0) is 13.0. The van der Waals surface area contributed by atoms with E-state index in [0.717, 1.165) is 25.7 Å². The van der Waals surface area contributed by atoms with Crippen LogP contribution in [-0.2, 0) is 16.3 Å². The van der Waals surface area contributed by atoms with Crippen molar-refractivity contribution < 1.29 is 8.42 Å². The van der Waals surface area contributed by atoms with Crippen molar-refractivity contribution in [3.8, 4) is 0 Å². The number of hydrogen-bond donors (Lipinski definition) is 1. The normalized spacial score (nSPS) is 24.6. The van der Waals surface area contributed by atoms with Gasteiger partial charge in [0.1, 0.15) is 0 Å². The molecule has 0 spiro atoms. The summed E-state index contributed by atoms with van der Waals surface area (Å²) in [4.78, 5) is 0. The average Bonchev–Trinajstić information content (AvgIpc) is 2.37. The summed E-state index contributed by atoms with van der Waals surface area (Å²) in [5, 5.41) is 2.97. The van der Waals surface area contributed by atoms with Gasteiger partial charge in [-0.1, -0.05) is 36.8 Å². The first-order valence-corrected chi connectivity index (χ1v) is 8.28. The molecule has 1 aromatic rings. The van der Waals surface area contributed by atoms with Crippen molar-refractivity contribution in [2.45, 2.75) is 37.0 Å². The second-order valence-corrected chi connectivity index (χ2v) is 7.33. The first-order chi connectivity index (χ1) is 8.63. The molecule has 0 aliphatic carbocycles. The van der Waals surface area contributed by atoms with Crippen LogP contribution in [0.3, 0.4) is 0 Å². The summed E-state index contributed by atoms with van der Waals surface area (Å²) >= 11 is 0. The highest BCUT2D eigenvalue weighted by Crippen LogP contribution is 2.24. The molecule has 0 amide bonds. The van der Waals surface area contributed by atoms with Crippen LogP contribution in [0.2, 0.25) is 0 Å². The standard InChI is InChI=1S/C14H21NO2S/c1-15-13(11-12-7-3-2-4-8-12)14-9-5-6-10-18(14,16)17/h2-4,7-8,13-15H,5-6,9-11H2,1H3. The van der Waals surface area contributed by atoms with Gasteiger partial charge in [-0.05, 0) is 31.9 Å². The highest BCUT2D eigenvalue weighted by atomic mass is 32.2. The fraction of sp³-hybridized carbons (Fsp3) is 0.571. The molecule has 1 N–H and O–H groups in total. The molecular formula is C14H21NO2S. The van der Waals surface area contributed by atoms with Gasteiger partial charge in [0.05, 0.1) is 11.0 Å². The third-order valence-corrected chi connectivity index (χ3v) is 6.09. The highest BCUT2D eigenvalue weighted by molar-refractivity contribution is 7.92. The molecule has 2 atom stereocenters. The fourth-order valence-corrected chi connectivity index (χ4v) is 4.89. The van der Waals surface area contributed by atoms with Gasteiger partial charge in [0.25, 0.3) is 0 Å². The first kappa shape index (κ1) is 13.6. The summed E-state index contributed by atoms with van der Waals surface area (Å²) in [7, 11) is -1.06. The van der Waals surface area contributed by atoms with Crippen molar-refractivity contribution >= 4 is 9.84 Å². The molecule has 3 nitrogen and oxygen atoms in total. The van der Waals surface area contributed by atoms with Crippen molar-refractivity contribution in [1.82, 2.24) is 5.32 Å². The van der Waals surface area contributed by atoms with E-state index in [4.69, 9.17) is 0 Å². The Morgan fingerprint density at radius 3 is 2.61 bits per heavy atom. The summed E-state index contributed by atoms with van der Waals surface area (Å²) in [5.41, 5.74) is 1.19. The smallest absolute Gasteiger partial charge is 0.154 e. The molecule has 2 unspecified atom stereocenters. The zero-order valence-corrected chi connectivity index (χ0v) is 11.6. The lowest BCUT2D eigenvalue weighted by Gasteiger charge is -2.30. The predicted octanol–water partition coefficient (Wildman–Crippen LogP) is 1.78. The van der Waals surface area contributed by atoms with Crippen LogP contribution >= 0.6 is 0 Å². The third kappa shape index (κ3) is 3.12. The van der Waals surface area contributed by atoms with E-state index in [0.29, 0.717) is 5.75 Å². The van der Waals surface area contributed by atoms with Gasteiger partial charge in [-0.2, -0.15) is 0 Å². The van der Waals surface area contributed by atoms with Gasteiger partial charge in [0, 0.05) is 6.04 Å². The van der Waals surface area contributed by atoms with E-state index in [1.54, 1.807) is 0 Å². The lowest BCUT2D eigenvalue weighted by molar-refractivity contribution is 0.456. The lowest BCUT2D eigenvalue weighted by atomic mass is 10.00. The van der Waals surface area contributed by atoms with Gasteiger partial charge in [-0.3, -0.25) is 0 Å². The molecule has 2 rings (SSSR count). The Morgan fingerprint density at radius 1 is 1.28 bits per heavy atom. The molecule has 0 saturated carbocycles. The van der Waals surface area contributed by atoms with Gasteiger partial charge in [-0.25, -0.2) is 8.42 Å². The van der Waals surface area contributed by atoms with Crippen LogP contribution in [-0.4, -0.2) is 32.5 Å². The van der Waals surface area contributed by atoms with Crippen LogP contribution in [0.25, 0.3) is 0 Å². The monoisotopic (exact) mass is 267 g/mol. The molecule has 18 heavy (non-hydrogen) atoms. The molecule has 1 fully saturated rings. The molecular weight excluding hydrogens is 246 g/mol. The lowest BCUT2D eigenvalue weighted by Crippen LogP contribution is -2.46. The summed E-state index contributed by atoms with van der Waals surface area (Å²) in [6.45, 7) is 0. The highest BCUT2D eigenvalue weighted by Gasteiger charge is 2.34. The molecule has 1 aromatic carbocycles. The number of benzene rings is 1. The van der Waals surface area contributed by atoms with E-state index in [-0.39, 0.29) is 11.3 Å². The maximum Gasteiger partial charge on any atom is 0.154 e. The Labute approximate surface area is 110 Å². The Morgan fingerprint density at radius 2 is 2.00 bits per heavy atom. The van der Waals surface area contributed by atoms with E-state index < -0.39 is 9.84 Å². The molecule has 0 bridgehead atoms. The van der Waals surface area contributed by atoms with Crippen molar-refractivity contribution in [3.63, 3.8) is 0 Å². The number of nitrogens with one attached hydrogen (secondary N) is 1. The van der Waals surface area contributed by atoms with E-state index in [9.17, 15) is 8.42 Å². The van der Waals surface area contributed by atoms with E-state index in [1.165, 1.54) is 5.56 Å². The summed E-state index contributed by atoms with van der Waals surface area (Å²) in [5.74, 6) is 0.352. The molecule has 1 aliphatic rings. The quantitative estimate of drug-likeness (QED) is 0.904. The number of rotatable bonds is 4. The average molecular weight is 267 g/mol. The molecule has 4 heteroatoms. The van der Waals surface area contributed by atoms with Crippen molar-refractivity contribution in [1.29, 1.82) is 0 Å². The fourth-order valence-electron chi connectivity index (χ4n) is 2.72. The van der Waals surface area contributed by atoms with Gasteiger partial charge >= 0.3 is 0 Å². The zero-order valence-electron chi connectivity index (χ0n) is 10.8. The molecule has 1 saturated heterocycles. The maximum absolute atomic E-state index is 12.1. The van der Waals surface area contributed by atoms with Gasteiger partial charge in [0.15, 0.2) is 9.84 Å². The second kappa shape index (κ2) is 5.85. The topological polar surface area (TPSA) is 46.2 Å². The van der Waals surface area contributed by atoms with Crippen LogP contribution in [0.15, 0.2) is 30.3 Å². The van der Waals surface area contributed by atoms with Crippen molar-refractivity contribution in [3.05, 3.63) is 35.9 Å². The van der Waals surface area contributed by atoms with Crippen LogP contribution in [0.5, 0.6) is 0 Å². The Balaban J connectivity index is 2.13. The van der Waals surface area contributed by atoms with Crippen molar-refractivity contribution in [2.75, 3.05) is 12.8 Å². The van der Waals surface area contributed by atoms with Gasteiger partial charge in [0.2, 0.25) is 0 Å². The van der Waals surface area contributed by atoms with Crippen LogP contribution in [0, 0.1) is 0 Å². The summed E-state index contributed by atoms with van der Waals surface area (Å²) in [6.07, 6.45) is 3.42. The molecule has 1 heterocycles. The minimum atomic E-state index is -2.92. The number of likely N-dealkylation sites (N-methyl/N-ethyl adjacent to an activating group) is 1. The second-order valence-electron chi connectivity index (χ2n) is 4.99. The Bertz CT molecular complexity index is 470. The molecule has 100 valence electrons. The largest absolute Gasteiger partial charge is 0.315 e. The van der Waals surface area contributed by atoms with Crippen molar-refractivity contribution in [2.24, 2.45) is 0 Å².